The van der Waals surface area contributed by atoms with E-state index in [2.05, 4.69) is 25.9 Å². The van der Waals surface area contributed by atoms with Gasteiger partial charge in [0.1, 0.15) is 18.6 Å². The van der Waals surface area contributed by atoms with Gasteiger partial charge in [-0.05, 0) is 61.8 Å². The molecule has 20 heteroatoms. The molecular weight excluding hydrogens is 630 g/mol. The number of rotatable bonds is 10. The second kappa shape index (κ2) is 12.8. The number of halogens is 1. The molecule has 0 unspecified atom stereocenters. The van der Waals surface area contributed by atoms with Crippen LogP contribution in [0.15, 0.2) is 47.5 Å². The van der Waals surface area contributed by atoms with Gasteiger partial charge in [0.25, 0.3) is 0 Å². The third-order valence-electron chi connectivity index (χ3n) is 7.29. The molecule has 3 N–H and O–H groups in total. The van der Waals surface area contributed by atoms with Crippen LogP contribution in [-0.2, 0) is 20.3 Å². The predicted molar refractivity (Wildman–Crippen MR) is 201 cm³/mol. The molecule has 8 nitrogen and oxygen atoms in total. The van der Waals surface area contributed by atoms with Crippen LogP contribution in [-0.4, -0.2) is 118 Å². The molecule has 2 aromatic carbocycles. The normalized spacial score (nSPS) is 17.7. The number of anilines is 4. The van der Waals surface area contributed by atoms with Crippen molar-refractivity contribution in [1.29, 1.82) is 0 Å². The van der Waals surface area contributed by atoms with Gasteiger partial charge in [-0.15, -0.1) is 5.11 Å². The molecule has 0 saturated carbocycles. The Labute approximate surface area is 302 Å². The van der Waals surface area contributed by atoms with Gasteiger partial charge < -0.3 is 20.7 Å². The Morgan fingerprint density at radius 3 is 2.02 bits per heavy atom. The van der Waals surface area contributed by atoms with Crippen molar-refractivity contribution in [3.8, 4) is 5.75 Å². The van der Waals surface area contributed by atoms with E-state index < -0.39 is 41.1 Å². The van der Waals surface area contributed by atoms with Crippen LogP contribution in [0.2, 0.25) is 5.02 Å². The van der Waals surface area contributed by atoms with Gasteiger partial charge in [-0.25, -0.2) is 13.4 Å². The van der Waals surface area contributed by atoms with Crippen molar-refractivity contribution in [2.24, 2.45) is 0 Å². The quantitative estimate of drug-likeness (QED) is 0.277. The van der Waals surface area contributed by atoms with Gasteiger partial charge in [-0.3, -0.25) is 0 Å². The first-order chi connectivity index (χ1) is 21.6. The number of benzene rings is 2. The van der Waals surface area contributed by atoms with Gasteiger partial charge >= 0.3 is 0 Å². The Hall–Kier alpha value is -2.23. The zero-order chi connectivity index (χ0) is 36.3. The fourth-order valence-electron chi connectivity index (χ4n) is 5.48. The Balaban J connectivity index is 1.84. The molecule has 1 fully saturated rings. The summed E-state index contributed by atoms with van der Waals surface area (Å²) in [4.78, 5) is 8.68. The zero-order valence-electron chi connectivity index (χ0n) is 27.1. The number of hydrogen-bond donors (Lipinski definition) is 3. The molecule has 3 aromatic rings. The van der Waals surface area contributed by atoms with Gasteiger partial charge in [-0.2, -0.15) is 4.98 Å². The summed E-state index contributed by atoms with van der Waals surface area (Å²) >= 11 is 6.44. The minimum Gasteiger partial charge on any atom is -0.496 e. The van der Waals surface area contributed by atoms with Crippen LogP contribution >= 0.6 is 11.6 Å². The molecule has 20 radical (unpaired) electrons. The fraction of sp³-hybridized carbons (Fsp3) is 0.429. The highest BCUT2D eigenvalue weighted by molar-refractivity contribution is 7.94. The minimum atomic E-state index is -3.97. The van der Waals surface area contributed by atoms with E-state index in [0.717, 1.165) is 0 Å². The van der Waals surface area contributed by atoms with E-state index in [1.54, 1.807) is 32.0 Å². The Morgan fingerprint density at radius 2 is 1.48 bits per heavy atom. The molecule has 48 heavy (non-hydrogen) atoms. The molecule has 1 saturated heterocycles. The molecule has 0 amide bonds. The first-order valence-electron chi connectivity index (χ1n) is 14.6. The molecule has 2 heterocycles. The average molecular weight is 656 g/mol. The second-order valence-electron chi connectivity index (χ2n) is 13.5. The van der Waals surface area contributed by atoms with Crippen LogP contribution in [0.25, 0.3) is 0 Å². The van der Waals surface area contributed by atoms with Gasteiger partial charge in [-0.1, -0.05) is 53.8 Å². The lowest BCUT2D eigenvalue weighted by Crippen LogP contribution is -2.69. The molecule has 1 aliphatic rings. The summed E-state index contributed by atoms with van der Waals surface area (Å²) in [5.74, 6) is 0.213. The lowest BCUT2D eigenvalue weighted by molar-refractivity contribution is 0.198. The van der Waals surface area contributed by atoms with Crippen LogP contribution < -0.4 is 20.7 Å². The maximum atomic E-state index is 13.2. The van der Waals surface area contributed by atoms with Crippen molar-refractivity contribution < 1.29 is 13.2 Å². The summed E-state index contributed by atoms with van der Waals surface area (Å²) in [6.45, 7) is 6.02. The highest BCUT2D eigenvalue weighted by Gasteiger charge is 2.45. The monoisotopic (exact) mass is 657 g/mol. The number of hydrogen-bond acceptors (Lipinski definition) is 8. The smallest absolute Gasteiger partial charge is 0.229 e. The summed E-state index contributed by atoms with van der Waals surface area (Å²) < 4.78 is 31.0. The molecule has 0 spiro atoms. The molecule has 0 bridgehead atoms. The number of para-hydroxylation sites is 1. The van der Waals surface area contributed by atoms with Crippen molar-refractivity contribution in [2.45, 2.75) is 76.7 Å². The Bertz CT molecular complexity index is 1800. The number of nitrogens with zero attached hydrogens (tertiary/aromatic N) is 2. The summed E-state index contributed by atoms with van der Waals surface area (Å²) in [6.07, 6.45) is 1.18. The topological polar surface area (TPSA) is 105 Å². The summed E-state index contributed by atoms with van der Waals surface area (Å²) in [6, 6.07) is 9.22. The van der Waals surface area contributed by atoms with E-state index in [0.29, 0.717) is 5.56 Å². The third-order valence-corrected chi connectivity index (χ3v) is 9.89. The standard InChI is InChI=1S/C28H26B10ClN5O3S/c1-23(2,29)47-19-10-14(25(31)12-26(32,33)44-27(34,35)13-25)15(28(36,37)38)9-18(19)42-22-40-11-16(39)21(43-22)41-17-7-5-6-8-20(17)48(45,46)24(3,4)30/h5-11,44H,12-13H2,1-4H3,(H2,40,41,42,43). The highest BCUT2D eigenvalue weighted by Crippen LogP contribution is 2.46. The molecular formula is C28H26B10ClN5O3S. The van der Waals surface area contributed by atoms with Crippen molar-refractivity contribution in [1.82, 2.24) is 15.3 Å². The molecule has 4 rings (SSSR count). The lowest BCUT2D eigenvalue weighted by Gasteiger charge is -2.55. The van der Waals surface area contributed by atoms with E-state index in [1.165, 1.54) is 38.2 Å². The van der Waals surface area contributed by atoms with Gasteiger partial charge in [0.15, 0.2) is 15.7 Å². The minimum absolute atomic E-state index is 0.00775. The van der Waals surface area contributed by atoms with Gasteiger partial charge in [0, 0.05) is 4.65 Å². The molecule has 1 aromatic heterocycles. The van der Waals surface area contributed by atoms with E-state index >= 15 is 0 Å². The van der Waals surface area contributed by atoms with Crippen molar-refractivity contribution in [3.05, 3.63) is 58.7 Å². The van der Waals surface area contributed by atoms with Crippen molar-refractivity contribution in [2.75, 3.05) is 10.6 Å². The predicted octanol–water partition coefficient (Wildman–Crippen LogP) is 0.923. The lowest BCUT2D eigenvalue weighted by atomic mass is 9.35. The van der Waals surface area contributed by atoms with Crippen molar-refractivity contribution in [3.63, 3.8) is 0 Å². The van der Waals surface area contributed by atoms with E-state index in [1.807, 2.05) is 0 Å². The summed E-state index contributed by atoms with van der Waals surface area (Å²) in [5.41, 5.74) is -0.368. The van der Waals surface area contributed by atoms with E-state index in [9.17, 15) is 8.42 Å². The number of sulfone groups is 1. The molecule has 1 aliphatic heterocycles. The fourth-order valence-corrected chi connectivity index (χ4v) is 6.86. The van der Waals surface area contributed by atoms with E-state index in [4.69, 9.17) is 94.8 Å². The van der Waals surface area contributed by atoms with Crippen LogP contribution in [0.4, 0.5) is 23.1 Å². The third kappa shape index (κ3) is 8.73. The number of piperidine rings is 1. The number of aromatic nitrogens is 2. The number of ether oxygens (including phenoxy) is 1. The Morgan fingerprint density at radius 1 is 0.896 bits per heavy atom. The maximum Gasteiger partial charge on any atom is 0.229 e. The van der Waals surface area contributed by atoms with Gasteiger partial charge in [0.05, 0.1) is 98.6 Å². The highest BCUT2D eigenvalue weighted by atomic mass is 35.5. The van der Waals surface area contributed by atoms with Gasteiger partial charge in [0.2, 0.25) is 5.95 Å². The largest absolute Gasteiger partial charge is 0.496 e. The SMILES string of the molecule is [B]C1([B])CC([B])(c2cc(OC([B])(C)C)c(Nc3ncc(Cl)c(Nc4ccccc4S(=O)(=O)C([B])(C)C)n3)cc2C([B])([B])[B])CC([B])([B])N1. The molecule has 0 aliphatic carbocycles. The summed E-state index contributed by atoms with van der Waals surface area (Å²) in [7, 11) is 58.9. The first kappa shape index (κ1) is 38.6. The average Bonchev–Trinajstić information content (AvgIpc) is 2.87. The van der Waals surface area contributed by atoms with Crippen LogP contribution in [0.3, 0.4) is 0 Å². The molecule has 0 atom stereocenters. The first-order valence-corrected chi connectivity index (χ1v) is 16.5. The number of nitrogens with one attached hydrogen (secondary N) is 3. The zero-order valence-corrected chi connectivity index (χ0v) is 28.7. The van der Waals surface area contributed by atoms with Crippen LogP contribution in [0, 0.1) is 0 Å². The van der Waals surface area contributed by atoms with E-state index in [-0.39, 0.29) is 57.2 Å². The van der Waals surface area contributed by atoms with Crippen LogP contribution in [0.5, 0.6) is 5.75 Å². The van der Waals surface area contributed by atoms with Crippen LogP contribution in [0.1, 0.15) is 51.7 Å². The Kier molecular flexibility index (Phi) is 10.3. The maximum absolute atomic E-state index is 13.2. The summed E-state index contributed by atoms with van der Waals surface area (Å²) in [5, 5.41) is 2.31. The molecule has 224 valence electrons. The van der Waals surface area contributed by atoms with Crippen molar-refractivity contribution >= 4 is 123 Å². The second-order valence-corrected chi connectivity index (χ2v) is 16.4.